The van der Waals surface area contributed by atoms with E-state index >= 15 is 0 Å². The van der Waals surface area contributed by atoms with Gasteiger partial charge in [-0.2, -0.15) is 0 Å². The third-order valence-electron chi connectivity index (χ3n) is 4.30. The molecule has 0 radical (unpaired) electrons. The van der Waals surface area contributed by atoms with Gasteiger partial charge < -0.3 is 9.30 Å². The number of aryl methyl sites for hydroxylation is 2. The predicted molar refractivity (Wildman–Crippen MR) is 83.3 cm³/mol. The van der Waals surface area contributed by atoms with Crippen molar-refractivity contribution in [3.05, 3.63) is 47.3 Å². The van der Waals surface area contributed by atoms with Crippen LogP contribution >= 0.6 is 0 Å². The molecule has 1 atom stereocenters. The van der Waals surface area contributed by atoms with E-state index in [1.807, 2.05) is 20.0 Å². The molecule has 1 saturated heterocycles. The average Bonchev–Trinajstić information content (AvgIpc) is 3.07. The van der Waals surface area contributed by atoms with Crippen LogP contribution in [-0.4, -0.2) is 28.1 Å². The maximum atomic E-state index is 13.5. The van der Waals surface area contributed by atoms with E-state index in [1.165, 1.54) is 13.2 Å². The number of hydrogen-bond acceptors (Lipinski definition) is 3. The van der Waals surface area contributed by atoms with E-state index in [2.05, 4.69) is 20.6 Å². The fourth-order valence-electron chi connectivity index (χ4n) is 3.29. The van der Waals surface area contributed by atoms with Gasteiger partial charge in [0, 0.05) is 19.8 Å². The highest BCUT2D eigenvalue weighted by atomic mass is 19.1. The summed E-state index contributed by atoms with van der Waals surface area (Å²) in [5.74, 6) is 1.11. The lowest BCUT2D eigenvalue weighted by Crippen LogP contribution is -2.24. The molecule has 118 valence electrons. The first-order chi connectivity index (χ1) is 10.6. The van der Waals surface area contributed by atoms with Crippen molar-refractivity contribution in [1.29, 1.82) is 0 Å². The molecule has 2 heterocycles. The molecule has 1 aliphatic heterocycles. The smallest absolute Gasteiger partial charge is 0.165 e. The van der Waals surface area contributed by atoms with Crippen molar-refractivity contribution in [1.82, 2.24) is 14.5 Å². The van der Waals surface area contributed by atoms with E-state index < -0.39 is 0 Å². The first kappa shape index (κ1) is 15.0. The number of rotatable bonds is 4. The van der Waals surface area contributed by atoms with Gasteiger partial charge >= 0.3 is 0 Å². The second-order valence-electron chi connectivity index (χ2n) is 5.95. The molecule has 0 bridgehead atoms. The van der Waals surface area contributed by atoms with Crippen LogP contribution in [0.3, 0.4) is 0 Å². The van der Waals surface area contributed by atoms with Crippen LogP contribution in [0.4, 0.5) is 4.39 Å². The summed E-state index contributed by atoms with van der Waals surface area (Å²) in [7, 11) is 3.55. The molecule has 3 rings (SSSR count). The number of nitrogens with zero attached hydrogens (tertiary/aromatic N) is 3. The van der Waals surface area contributed by atoms with E-state index in [-0.39, 0.29) is 5.82 Å². The average molecular weight is 303 g/mol. The van der Waals surface area contributed by atoms with Crippen molar-refractivity contribution in [2.24, 2.45) is 7.05 Å². The van der Waals surface area contributed by atoms with Crippen LogP contribution in [0.5, 0.6) is 5.75 Å². The number of likely N-dealkylation sites (tertiary alicyclic amines) is 1. The van der Waals surface area contributed by atoms with E-state index in [9.17, 15) is 4.39 Å². The van der Waals surface area contributed by atoms with Crippen LogP contribution in [0.1, 0.15) is 36.0 Å². The van der Waals surface area contributed by atoms with Crippen LogP contribution in [0, 0.1) is 12.7 Å². The quantitative estimate of drug-likeness (QED) is 0.869. The summed E-state index contributed by atoms with van der Waals surface area (Å²) in [4.78, 5) is 7.08. The Labute approximate surface area is 130 Å². The summed E-state index contributed by atoms with van der Waals surface area (Å²) in [5, 5.41) is 0. The summed E-state index contributed by atoms with van der Waals surface area (Å²) < 4.78 is 20.7. The van der Waals surface area contributed by atoms with Gasteiger partial charge in [0.1, 0.15) is 5.82 Å². The highest BCUT2D eigenvalue weighted by Gasteiger charge is 2.29. The Balaban J connectivity index is 1.81. The molecule has 0 amide bonds. The molecule has 1 fully saturated rings. The summed E-state index contributed by atoms with van der Waals surface area (Å²) >= 11 is 0. The Morgan fingerprint density at radius 1 is 1.41 bits per heavy atom. The number of aromatic nitrogens is 2. The van der Waals surface area contributed by atoms with Crippen molar-refractivity contribution >= 4 is 0 Å². The van der Waals surface area contributed by atoms with Gasteiger partial charge in [-0.1, -0.05) is 6.07 Å². The lowest BCUT2D eigenvalue weighted by molar-refractivity contribution is 0.236. The molecule has 2 aromatic rings. The molecule has 0 aliphatic carbocycles. The number of imidazole rings is 1. The zero-order valence-corrected chi connectivity index (χ0v) is 13.3. The Morgan fingerprint density at radius 2 is 2.23 bits per heavy atom. The van der Waals surface area contributed by atoms with Crippen LogP contribution in [0.25, 0.3) is 0 Å². The molecule has 1 aliphatic rings. The predicted octanol–water partition coefficient (Wildman–Crippen LogP) is 3.21. The Kier molecular flexibility index (Phi) is 4.16. The summed E-state index contributed by atoms with van der Waals surface area (Å²) in [6.07, 6.45) is 4.34. The topological polar surface area (TPSA) is 30.3 Å². The minimum absolute atomic E-state index is 0.307. The van der Waals surface area contributed by atoms with Crippen LogP contribution in [-0.2, 0) is 13.6 Å². The molecule has 1 aromatic carbocycles. The third kappa shape index (κ3) is 2.86. The van der Waals surface area contributed by atoms with Crippen LogP contribution < -0.4 is 4.74 Å². The Hall–Kier alpha value is -1.88. The van der Waals surface area contributed by atoms with Crippen molar-refractivity contribution in [2.45, 2.75) is 32.4 Å². The van der Waals surface area contributed by atoms with Gasteiger partial charge in [-0.05, 0) is 44.0 Å². The Bertz CT molecular complexity index is 668. The van der Waals surface area contributed by atoms with Gasteiger partial charge in [0.05, 0.1) is 18.8 Å². The second kappa shape index (κ2) is 6.08. The fraction of sp³-hybridized carbons (Fsp3) is 0.471. The zero-order chi connectivity index (χ0) is 15.7. The zero-order valence-electron chi connectivity index (χ0n) is 13.3. The molecule has 4 nitrogen and oxygen atoms in total. The van der Waals surface area contributed by atoms with Crippen LogP contribution in [0.2, 0.25) is 0 Å². The van der Waals surface area contributed by atoms with Gasteiger partial charge in [-0.25, -0.2) is 9.37 Å². The van der Waals surface area contributed by atoms with Gasteiger partial charge in [0.25, 0.3) is 0 Å². The largest absolute Gasteiger partial charge is 0.494 e. The van der Waals surface area contributed by atoms with Gasteiger partial charge in [-0.3, -0.25) is 4.90 Å². The molecule has 0 unspecified atom stereocenters. The van der Waals surface area contributed by atoms with E-state index in [0.717, 1.165) is 43.0 Å². The van der Waals surface area contributed by atoms with Crippen molar-refractivity contribution in [3.8, 4) is 5.75 Å². The minimum atomic E-state index is -0.316. The number of halogens is 1. The van der Waals surface area contributed by atoms with E-state index in [4.69, 9.17) is 4.74 Å². The molecule has 22 heavy (non-hydrogen) atoms. The molecular weight excluding hydrogens is 281 g/mol. The second-order valence-corrected chi connectivity index (χ2v) is 5.95. The normalized spacial score (nSPS) is 18.8. The minimum Gasteiger partial charge on any atom is -0.494 e. The molecule has 0 spiro atoms. The number of ether oxygens (including phenoxy) is 1. The van der Waals surface area contributed by atoms with Crippen molar-refractivity contribution in [3.63, 3.8) is 0 Å². The third-order valence-corrected chi connectivity index (χ3v) is 4.30. The maximum Gasteiger partial charge on any atom is 0.165 e. The number of methoxy groups -OCH3 is 1. The van der Waals surface area contributed by atoms with Gasteiger partial charge in [-0.15, -0.1) is 0 Å². The lowest BCUT2D eigenvalue weighted by Gasteiger charge is -2.24. The maximum absolute atomic E-state index is 13.5. The van der Waals surface area contributed by atoms with E-state index in [0.29, 0.717) is 11.8 Å². The summed E-state index contributed by atoms with van der Waals surface area (Å²) in [6, 6.07) is 5.42. The summed E-state index contributed by atoms with van der Waals surface area (Å²) in [5.41, 5.74) is 2.11. The van der Waals surface area contributed by atoms with Crippen LogP contribution in [0.15, 0.2) is 24.4 Å². The molecule has 5 heteroatoms. The standard InChI is InChI=1S/C17H22FN3O/c1-12-10-20(2)17(19-12)15-5-4-8-21(15)11-13-6-7-14(18)16(9-13)22-3/h6-7,9-10,15H,4-5,8,11H2,1-3H3/t15-/m0/s1. The highest BCUT2D eigenvalue weighted by molar-refractivity contribution is 5.30. The molecular formula is C17H22FN3O. The highest BCUT2D eigenvalue weighted by Crippen LogP contribution is 2.33. The van der Waals surface area contributed by atoms with Crippen molar-refractivity contribution in [2.75, 3.05) is 13.7 Å². The van der Waals surface area contributed by atoms with Gasteiger partial charge in [0.2, 0.25) is 0 Å². The van der Waals surface area contributed by atoms with E-state index in [1.54, 1.807) is 6.07 Å². The molecule has 0 N–H and O–H groups in total. The number of hydrogen-bond donors (Lipinski definition) is 0. The monoisotopic (exact) mass is 303 g/mol. The van der Waals surface area contributed by atoms with Crippen molar-refractivity contribution < 1.29 is 9.13 Å². The fourth-order valence-corrected chi connectivity index (χ4v) is 3.29. The first-order valence-corrected chi connectivity index (χ1v) is 7.65. The van der Waals surface area contributed by atoms with Gasteiger partial charge in [0.15, 0.2) is 11.6 Å². The Morgan fingerprint density at radius 3 is 2.91 bits per heavy atom. The first-order valence-electron chi connectivity index (χ1n) is 7.65. The molecule has 0 saturated carbocycles. The molecule has 1 aromatic heterocycles. The SMILES string of the molecule is COc1cc(CN2CCC[C@H]2c2nc(C)cn2C)ccc1F. The summed E-state index contributed by atoms with van der Waals surface area (Å²) in [6.45, 7) is 3.84. The lowest BCUT2D eigenvalue weighted by atomic mass is 10.1. The number of benzene rings is 1.